The molecule has 0 aromatic heterocycles. The smallest absolute Gasteiger partial charge is 0.394 e. The Morgan fingerprint density at radius 2 is 2.04 bits per heavy atom. The number of hydrogen-bond acceptors (Lipinski definition) is 6. The SMILES string of the molecule is COc1ccc2c3c1O[C@H]1C(=O)CC[C@H]4[C@@H](C2)N(C)CC[C@]314.O=S(=O)(O)O. The number of likely N-dealkylation sites (N-methyl/N-ethyl adjacent to an activating group) is 1. The van der Waals surface area contributed by atoms with Crippen LogP contribution in [0.25, 0.3) is 0 Å². The van der Waals surface area contributed by atoms with Crippen molar-refractivity contribution in [1.29, 1.82) is 0 Å². The molecule has 27 heavy (non-hydrogen) atoms. The fourth-order valence-electron chi connectivity index (χ4n) is 5.67. The summed E-state index contributed by atoms with van der Waals surface area (Å²) in [5.41, 5.74) is 2.57. The van der Waals surface area contributed by atoms with E-state index in [0.717, 1.165) is 37.3 Å². The predicted octanol–water partition coefficient (Wildman–Crippen LogP) is 1.28. The highest BCUT2D eigenvalue weighted by Gasteiger charge is 2.65. The van der Waals surface area contributed by atoms with Gasteiger partial charge in [0, 0.05) is 23.4 Å². The lowest BCUT2D eigenvalue weighted by molar-refractivity contribution is -0.138. The predicted molar refractivity (Wildman–Crippen MR) is 95.7 cm³/mol. The van der Waals surface area contributed by atoms with E-state index in [1.54, 1.807) is 7.11 Å². The fraction of sp³-hybridized carbons (Fsp3) is 0.611. The number of methoxy groups -OCH3 is 1. The average Bonchev–Trinajstić information content (AvgIpc) is 2.93. The second-order valence-corrected chi connectivity index (χ2v) is 8.63. The lowest BCUT2D eigenvalue weighted by Gasteiger charge is -2.57. The zero-order chi connectivity index (χ0) is 19.6. The van der Waals surface area contributed by atoms with Crippen LogP contribution in [0, 0.1) is 5.92 Å². The number of rotatable bonds is 1. The number of hydrogen-bond donors (Lipinski definition) is 2. The zero-order valence-electron chi connectivity index (χ0n) is 15.2. The van der Waals surface area contributed by atoms with Crippen LogP contribution < -0.4 is 9.47 Å². The third-order valence-corrected chi connectivity index (χ3v) is 6.59. The van der Waals surface area contributed by atoms with Crippen LogP contribution in [0.15, 0.2) is 12.1 Å². The third kappa shape index (κ3) is 2.75. The molecule has 0 amide bonds. The Morgan fingerprint density at radius 3 is 2.70 bits per heavy atom. The van der Waals surface area contributed by atoms with Gasteiger partial charge in [-0.1, -0.05) is 6.07 Å². The monoisotopic (exact) mass is 397 g/mol. The summed E-state index contributed by atoms with van der Waals surface area (Å²) in [7, 11) is -0.755. The van der Waals surface area contributed by atoms with Gasteiger partial charge < -0.3 is 14.4 Å². The molecule has 9 heteroatoms. The molecule has 148 valence electrons. The molecule has 1 aromatic rings. The van der Waals surface area contributed by atoms with Crippen molar-refractivity contribution < 1.29 is 31.8 Å². The van der Waals surface area contributed by atoms with Crippen LogP contribution in [-0.4, -0.2) is 61.1 Å². The van der Waals surface area contributed by atoms with Crippen LogP contribution in [0.2, 0.25) is 0 Å². The quantitative estimate of drug-likeness (QED) is 0.682. The van der Waals surface area contributed by atoms with Crippen LogP contribution in [0.3, 0.4) is 0 Å². The van der Waals surface area contributed by atoms with Crippen molar-refractivity contribution in [3.8, 4) is 11.5 Å². The number of likely N-dealkylation sites (tertiary alicyclic amines) is 1. The first-order valence-corrected chi connectivity index (χ1v) is 10.4. The van der Waals surface area contributed by atoms with Gasteiger partial charge in [-0.3, -0.25) is 13.9 Å². The number of carbonyl (C=O) groups is 1. The van der Waals surface area contributed by atoms with Crippen molar-refractivity contribution in [1.82, 2.24) is 4.90 Å². The van der Waals surface area contributed by atoms with Gasteiger partial charge in [0.25, 0.3) is 0 Å². The first kappa shape index (κ1) is 18.7. The molecule has 0 radical (unpaired) electrons. The van der Waals surface area contributed by atoms with Gasteiger partial charge in [-0.15, -0.1) is 0 Å². The summed E-state index contributed by atoms with van der Waals surface area (Å²) >= 11 is 0. The van der Waals surface area contributed by atoms with Gasteiger partial charge in [-0.2, -0.15) is 8.42 Å². The third-order valence-electron chi connectivity index (χ3n) is 6.59. The Labute approximate surface area is 158 Å². The van der Waals surface area contributed by atoms with Gasteiger partial charge in [0.05, 0.1) is 7.11 Å². The Balaban J connectivity index is 0.000000323. The van der Waals surface area contributed by atoms with Crippen molar-refractivity contribution in [2.24, 2.45) is 5.92 Å². The van der Waals surface area contributed by atoms with Crippen LogP contribution in [0.4, 0.5) is 0 Å². The molecule has 2 aliphatic heterocycles. The molecule has 2 bridgehead atoms. The summed E-state index contributed by atoms with van der Waals surface area (Å²) < 4.78 is 43.4. The molecule has 4 aliphatic rings. The van der Waals surface area contributed by atoms with Gasteiger partial charge in [-0.05, 0) is 50.4 Å². The normalized spacial score (nSPS) is 33.5. The van der Waals surface area contributed by atoms with Gasteiger partial charge in [0.15, 0.2) is 23.4 Å². The fourth-order valence-corrected chi connectivity index (χ4v) is 5.67. The Bertz CT molecular complexity index is 891. The van der Waals surface area contributed by atoms with E-state index in [4.69, 9.17) is 27.0 Å². The van der Waals surface area contributed by atoms with Gasteiger partial charge >= 0.3 is 10.4 Å². The summed E-state index contributed by atoms with van der Waals surface area (Å²) in [6, 6.07) is 4.73. The van der Waals surface area contributed by atoms with Gasteiger partial charge in [0.1, 0.15) is 0 Å². The molecular weight excluding hydrogens is 374 g/mol. The Kier molecular flexibility index (Phi) is 4.26. The summed E-state index contributed by atoms with van der Waals surface area (Å²) in [6.45, 7) is 1.05. The maximum atomic E-state index is 12.6. The summed E-state index contributed by atoms with van der Waals surface area (Å²) in [5, 5.41) is 0. The van der Waals surface area contributed by atoms with Crippen molar-refractivity contribution in [2.45, 2.75) is 43.2 Å². The first-order valence-electron chi connectivity index (χ1n) is 8.96. The number of nitrogens with zero attached hydrogens (tertiary/aromatic N) is 1. The molecule has 0 unspecified atom stereocenters. The molecule has 5 rings (SSSR count). The molecule has 2 aliphatic carbocycles. The highest BCUT2D eigenvalue weighted by molar-refractivity contribution is 7.79. The molecule has 1 aromatic carbocycles. The minimum Gasteiger partial charge on any atom is -0.493 e. The molecule has 4 atom stereocenters. The molecule has 8 nitrogen and oxygen atoms in total. The van der Waals surface area contributed by atoms with Crippen LogP contribution >= 0.6 is 0 Å². The van der Waals surface area contributed by atoms with Crippen LogP contribution in [-0.2, 0) is 27.0 Å². The molecule has 2 N–H and O–H groups in total. The van der Waals surface area contributed by atoms with Gasteiger partial charge in [0.2, 0.25) is 0 Å². The van der Waals surface area contributed by atoms with Crippen molar-refractivity contribution in [2.75, 3.05) is 20.7 Å². The van der Waals surface area contributed by atoms with Crippen LogP contribution in [0.5, 0.6) is 11.5 Å². The largest absolute Gasteiger partial charge is 0.493 e. The Morgan fingerprint density at radius 1 is 1.33 bits per heavy atom. The van der Waals surface area contributed by atoms with Crippen LogP contribution in [0.1, 0.15) is 30.4 Å². The second-order valence-electron chi connectivity index (χ2n) is 7.73. The van der Waals surface area contributed by atoms with Gasteiger partial charge in [-0.25, -0.2) is 0 Å². The van der Waals surface area contributed by atoms with E-state index in [1.807, 2.05) is 6.07 Å². The second kappa shape index (κ2) is 6.16. The lowest BCUT2D eigenvalue weighted by atomic mass is 9.52. The molecular formula is C18H23NO7S. The molecule has 2 fully saturated rings. The maximum Gasteiger partial charge on any atom is 0.394 e. The molecule has 1 saturated carbocycles. The minimum absolute atomic E-state index is 0.0933. The van der Waals surface area contributed by atoms with E-state index in [9.17, 15) is 4.79 Å². The average molecular weight is 397 g/mol. The van der Waals surface area contributed by atoms with Crippen molar-refractivity contribution in [3.63, 3.8) is 0 Å². The number of ether oxygens (including phenoxy) is 2. The van der Waals surface area contributed by atoms with Crippen molar-refractivity contribution in [3.05, 3.63) is 23.3 Å². The first-order chi connectivity index (χ1) is 12.7. The summed E-state index contributed by atoms with van der Waals surface area (Å²) in [6.07, 6.45) is 3.47. The molecule has 2 heterocycles. The standard InChI is InChI=1S/C18H21NO3.H2O4S/c1-19-8-7-18-11-4-5-13(20)17(18)22-16-14(21-2)6-3-10(15(16)18)9-12(11)19;1-5(2,3)4/h3,6,11-12,17H,4-5,7-9H2,1-2H3;(H2,1,2,3,4)/t11-,12+,17-,18-;/m0./s1. The van der Waals surface area contributed by atoms with E-state index in [1.165, 1.54) is 11.1 Å². The highest BCUT2D eigenvalue weighted by Crippen LogP contribution is 2.63. The van der Waals surface area contributed by atoms with E-state index < -0.39 is 10.4 Å². The van der Waals surface area contributed by atoms with Crippen molar-refractivity contribution >= 4 is 16.2 Å². The number of Topliss-reactive ketones (excluding diaryl/α,β-unsaturated/α-hetero) is 1. The zero-order valence-corrected chi connectivity index (χ0v) is 16.0. The van der Waals surface area contributed by atoms with E-state index in [-0.39, 0.29) is 17.3 Å². The topological polar surface area (TPSA) is 113 Å². The summed E-state index contributed by atoms with van der Waals surface area (Å²) in [5.74, 6) is 2.46. The van der Waals surface area contributed by atoms with E-state index in [2.05, 4.69) is 18.0 Å². The van der Waals surface area contributed by atoms with E-state index in [0.29, 0.717) is 18.4 Å². The maximum absolute atomic E-state index is 12.6. The number of carbonyl (C=O) groups excluding carboxylic acids is 1. The highest BCUT2D eigenvalue weighted by atomic mass is 32.3. The molecule has 1 saturated heterocycles. The Hall–Kier alpha value is -1.68. The number of benzene rings is 1. The minimum atomic E-state index is -4.67. The lowest BCUT2D eigenvalue weighted by Crippen LogP contribution is -2.65. The molecule has 1 spiro atoms. The van der Waals surface area contributed by atoms with E-state index >= 15 is 0 Å². The number of piperidine rings is 1. The summed E-state index contributed by atoms with van der Waals surface area (Å²) in [4.78, 5) is 15.1. The number of ketones is 1.